The largest absolute Gasteiger partial charge is 0.410 e. The van der Waals surface area contributed by atoms with E-state index in [4.69, 9.17) is 16.8 Å². The minimum Gasteiger partial charge on any atom is -0.410 e. The Hall–Kier alpha value is -1.02. The van der Waals surface area contributed by atoms with Crippen LogP contribution in [0.4, 0.5) is 0 Å². The van der Waals surface area contributed by atoms with Gasteiger partial charge in [-0.25, -0.2) is 0 Å². The molecule has 0 aliphatic carbocycles. The normalized spacial score (nSPS) is 11.8. The van der Waals surface area contributed by atoms with Crippen molar-refractivity contribution in [2.75, 3.05) is 0 Å². The van der Waals surface area contributed by atoms with Crippen molar-refractivity contribution in [1.29, 1.82) is 0 Å². The summed E-state index contributed by atoms with van der Waals surface area (Å²) in [5, 5.41) is 11.4. The van der Waals surface area contributed by atoms with Gasteiger partial charge in [0.15, 0.2) is 5.17 Å². The number of benzene rings is 1. The van der Waals surface area contributed by atoms with Crippen molar-refractivity contribution in [3.63, 3.8) is 0 Å². The van der Waals surface area contributed by atoms with Gasteiger partial charge in [0.05, 0.1) is 0 Å². The van der Waals surface area contributed by atoms with Crippen LogP contribution in [0.15, 0.2) is 23.4 Å². The minimum absolute atomic E-state index is 0.123. The molecule has 64 valence electrons. The molecule has 1 rings (SSSR count). The lowest BCUT2D eigenvalue weighted by atomic mass is 10.1. The highest BCUT2D eigenvalue weighted by molar-refractivity contribution is 6.69. The molecular formula is C9H10ClNO. The van der Waals surface area contributed by atoms with Gasteiger partial charge in [0.25, 0.3) is 0 Å². The zero-order valence-corrected chi connectivity index (χ0v) is 7.76. The molecule has 0 unspecified atom stereocenters. The Labute approximate surface area is 76.5 Å². The Morgan fingerprint density at radius 1 is 1.33 bits per heavy atom. The van der Waals surface area contributed by atoms with E-state index in [1.807, 2.05) is 32.0 Å². The molecule has 1 aromatic carbocycles. The number of oxime groups is 1. The molecule has 0 fully saturated rings. The zero-order valence-electron chi connectivity index (χ0n) is 7.00. The first-order chi connectivity index (χ1) is 5.65. The van der Waals surface area contributed by atoms with Crippen LogP contribution in [-0.4, -0.2) is 10.4 Å². The third-order valence-corrected chi connectivity index (χ3v) is 2.13. The second kappa shape index (κ2) is 3.59. The summed E-state index contributed by atoms with van der Waals surface area (Å²) < 4.78 is 0. The average molecular weight is 184 g/mol. The highest BCUT2D eigenvalue weighted by Gasteiger charge is 2.00. The Kier molecular flexibility index (Phi) is 2.71. The van der Waals surface area contributed by atoms with Crippen molar-refractivity contribution in [3.05, 3.63) is 34.9 Å². The summed E-state index contributed by atoms with van der Waals surface area (Å²) in [6, 6.07) is 5.65. The lowest BCUT2D eigenvalue weighted by Gasteiger charge is -2.01. The third-order valence-electron chi connectivity index (χ3n) is 1.83. The van der Waals surface area contributed by atoms with Crippen molar-refractivity contribution in [3.8, 4) is 0 Å². The molecule has 0 atom stereocenters. The molecule has 0 aliphatic rings. The molecule has 1 aromatic rings. The van der Waals surface area contributed by atoms with Crippen molar-refractivity contribution >= 4 is 16.8 Å². The Balaban J connectivity index is 3.13. The maximum atomic E-state index is 8.40. The molecule has 0 spiro atoms. The Morgan fingerprint density at radius 3 is 2.50 bits per heavy atom. The fourth-order valence-electron chi connectivity index (χ4n) is 0.927. The molecular weight excluding hydrogens is 174 g/mol. The number of hydrogen-bond donors (Lipinski definition) is 1. The van der Waals surface area contributed by atoms with Gasteiger partial charge in [-0.1, -0.05) is 28.9 Å². The van der Waals surface area contributed by atoms with E-state index < -0.39 is 0 Å². The number of aryl methyl sites for hydroxylation is 2. The van der Waals surface area contributed by atoms with Gasteiger partial charge in [0, 0.05) is 5.56 Å². The van der Waals surface area contributed by atoms with Crippen LogP contribution in [0.5, 0.6) is 0 Å². The Morgan fingerprint density at radius 2 is 2.00 bits per heavy atom. The minimum atomic E-state index is 0.123. The maximum Gasteiger partial charge on any atom is 0.175 e. The lowest BCUT2D eigenvalue weighted by molar-refractivity contribution is 0.321. The smallest absolute Gasteiger partial charge is 0.175 e. The summed E-state index contributed by atoms with van der Waals surface area (Å²) in [6.07, 6.45) is 0. The van der Waals surface area contributed by atoms with Crippen molar-refractivity contribution in [1.82, 2.24) is 0 Å². The molecule has 0 amide bonds. The van der Waals surface area contributed by atoms with Crippen molar-refractivity contribution < 1.29 is 5.21 Å². The van der Waals surface area contributed by atoms with Crippen LogP contribution >= 0.6 is 11.6 Å². The number of halogens is 1. The van der Waals surface area contributed by atoms with Crippen molar-refractivity contribution in [2.45, 2.75) is 13.8 Å². The van der Waals surface area contributed by atoms with Crippen LogP contribution in [0.2, 0.25) is 0 Å². The SMILES string of the molecule is Cc1ccc(C(Cl)=NO)cc1C. The predicted molar refractivity (Wildman–Crippen MR) is 50.1 cm³/mol. The fraction of sp³-hybridized carbons (Fsp3) is 0.222. The summed E-state index contributed by atoms with van der Waals surface area (Å²) in [5.74, 6) is 0. The van der Waals surface area contributed by atoms with Gasteiger partial charge in [-0.05, 0) is 31.0 Å². The van der Waals surface area contributed by atoms with E-state index in [2.05, 4.69) is 5.16 Å². The van der Waals surface area contributed by atoms with Crippen LogP contribution in [0.3, 0.4) is 0 Å². The number of rotatable bonds is 1. The fourth-order valence-corrected chi connectivity index (χ4v) is 1.05. The van der Waals surface area contributed by atoms with Crippen LogP contribution in [0.1, 0.15) is 16.7 Å². The molecule has 3 heteroatoms. The second-order valence-electron chi connectivity index (χ2n) is 2.69. The first-order valence-electron chi connectivity index (χ1n) is 3.60. The molecule has 0 radical (unpaired) electrons. The molecule has 0 saturated carbocycles. The Bertz CT molecular complexity index is 320. The second-order valence-corrected chi connectivity index (χ2v) is 3.05. The van der Waals surface area contributed by atoms with E-state index in [0.717, 1.165) is 11.1 Å². The van der Waals surface area contributed by atoms with E-state index in [1.54, 1.807) is 0 Å². The molecule has 12 heavy (non-hydrogen) atoms. The molecule has 1 N–H and O–H groups in total. The van der Waals surface area contributed by atoms with Crippen LogP contribution in [0.25, 0.3) is 0 Å². The number of hydrogen-bond acceptors (Lipinski definition) is 2. The van der Waals surface area contributed by atoms with E-state index >= 15 is 0 Å². The summed E-state index contributed by atoms with van der Waals surface area (Å²) in [5.41, 5.74) is 3.07. The van der Waals surface area contributed by atoms with Crippen LogP contribution in [0, 0.1) is 13.8 Å². The topological polar surface area (TPSA) is 32.6 Å². The maximum absolute atomic E-state index is 8.40. The van der Waals surface area contributed by atoms with Gasteiger partial charge >= 0.3 is 0 Å². The van der Waals surface area contributed by atoms with Gasteiger partial charge in [-0.15, -0.1) is 0 Å². The summed E-state index contributed by atoms with van der Waals surface area (Å²) >= 11 is 5.61. The lowest BCUT2D eigenvalue weighted by Crippen LogP contribution is -1.92. The monoisotopic (exact) mass is 183 g/mol. The molecule has 0 saturated heterocycles. The molecule has 0 heterocycles. The highest BCUT2D eigenvalue weighted by Crippen LogP contribution is 2.11. The summed E-state index contributed by atoms with van der Waals surface area (Å²) in [4.78, 5) is 0. The molecule has 2 nitrogen and oxygen atoms in total. The van der Waals surface area contributed by atoms with E-state index in [9.17, 15) is 0 Å². The third kappa shape index (κ3) is 1.77. The van der Waals surface area contributed by atoms with Gasteiger partial charge in [-0.2, -0.15) is 0 Å². The zero-order chi connectivity index (χ0) is 9.14. The van der Waals surface area contributed by atoms with Gasteiger partial charge in [0.1, 0.15) is 0 Å². The molecule has 0 aromatic heterocycles. The summed E-state index contributed by atoms with van der Waals surface area (Å²) in [7, 11) is 0. The van der Waals surface area contributed by atoms with Crippen LogP contribution < -0.4 is 0 Å². The highest BCUT2D eigenvalue weighted by atomic mass is 35.5. The average Bonchev–Trinajstić information content (AvgIpc) is 2.08. The quantitative estimate of drug-likeness (QED) is 0.405. The van der Waals surface area contributed by atoms with E-state index in [-0.39, 0.29) is 5.17 Å². The first-order valence-corrected chi connectivity index (χ1v) is 3.98. The van der Waals surface area contributed by atoms with Gasteiger partial charge in [0.2, 0.25) is 0 Å². The van der Waals surface area contributed by atoms with E-state index in [1.165, 1.54) is 5.56 Å². The number of nitrogens with zero attached hydrogens (tertiary/aromatic N) is 1. The molecule has 0 aliphatic heterocycles. The summed E-state index contributed by atoms with van der Waals surface area (Å²) in [6.45, 7) is 4.00. The predicted octanol–water partition coefficient (Wildman–Crippen LogP) is 2.68. The van der Waals surface area contributed by atoms with E-state index in [0.29, 0.717) is 0 Å². The van der Waals surface area contributed by atoms with Crippen molar-refractivity contribution in [2.24, 2.45) is 5.16 Å². The molecule has 0 bridgehead atoms. The van der Waals surface area contributed by atoms with Crippen LogP contribution in [-0.2, 0) is 0 Å². The van der Waals surface area contributed by atoms with Gasteiger partial charge < -0.3 is 5.21 Å². The first kappa shape index (κ1) is 9.07. The van der Waals surface area contributed by atoms with Gasteiger partial charge in [-0.3, -0.25) is 0 Å². The standard InChI is InChI=1S/C9H10ClNO/c1-6-3-4-8(5-7(6)2)9(10)11-12/h3-5,12H,1-2H3.